The summed E-state index contributed by atoms with van der Waals surface area (Å²) in [7, 11) is 0. The van der Waals surface area contributed by atoms with Crippen LogP contribution < -0.4 is 5.32 Å². The smallest absolute Gasteiger partial charge is 0.174 e. The van der Waals surface area contributed by atoms with E-state index < -0.39 is 0 Å². The highest BCUT2D eigenvalue weighted by Gasteiger charge is 2.01. The van der Waals surface area contributed by atoms with Crippen LogP contribution in [0, 0.1) is 6.92 Å². The quantitative estimate of drug-likeness (QED) is 0.640. The maximum absolute atomic E-state index is 4.29. The van der Waals surface area contributed by atoms with E-state index in [9.17, 15) is 0 Å². The number of anilines is 2. The predicted molar refractivity (Wildman–Crippen MR) is 89.3 cm³/mol. The molecule has 3 aromatic rings. The molecule has 0 amide bonds. The molecular weight excluding hydrogens is 272 g/mol. The van der Waals surface area contributed by atoms with Crippen molar-refractivity contribution in [2.24, 2.45) is 10.2 Å². The fourth-order valence-corrected chi connectivity index (χ4v) is 1.98. The molecule has 0 aliphatic rings. The number of para-hydroxylation sites is 1. The van der Waals surface area contributed by atoms with Crippen LogP contribution in [0.25, 0.3) is 0 Å². The number of hydrogen-bond donors (Lipinski definition) is 1. The Morgan fingerprint density at radius 1 is 0.818 bits per heavy atom. The molecule has 4 nitrogen and oxygen atoms in total. The van der Waals surface area contributed by atoms with Gasteiger partial charge in [0.25, 0.3) is 0 Å². The van der Waals surface area contributed by atoms with Crippen molar-refractivity contribution in [1.29, 1.82) is 0 Å². The number of hydrogen-bond acceptors (Lipinski definition) is 4. The number of azo groups is 1. The van der Waals surface area contributed by atoms with Gasteiger partial charge in [0.2, 0.25) is 0 Å². The number of rotatable bonds is 4. The standard InChI is InChI=1S/C18H16N4/c1-14-9-11-15(12-10-14)20-16-6-2-3-7-17(16)21-22-18-8-4-5-13-19-18/h2-13,20H,1H3. The highest BCUT2D eigenvalue weighted by atomic mass is 15.2. The van der Waals surface area contributed by atoms with E-state index in [0.717, 1.165) is 17.1 Å². The average molecular weight is 288 g/mol. The Balaban J connectivity index is 1.83. The van der Waals surface area contributed by atoms with E-state index in [2.05, 4.69) is 39.6 Å². The molecular formula is C18H16N4. The lowest BCUT2D eigenvalue weighted by Gasteiger charge is -2.08. The van der Waals surface area contributed by atoms with Gasteiger partial charge in [-0.3, -0.25) is 0 Å². The normalized spacial score (nSPS) is 10.8. The van der Waals surface area contributed by atoms with Crippen molar-refractivity contribution in [2.45, 2.75) is 6.92 Å². The van der Waals surface area contributed by atoms with Crippen molar-refractivity contribution in [2.75, 3.05) is 5.32 Å². The topological polar surface area (TPSA) is 49.6 Å². The summed E-state index contributed by atoms with van der Waals surface area (Å²) in [6.45, 7) is 2.07. The SMILES string of the molecule is Cc1ccc(Nc2ccccc2N=Nc2ccccn2)cc1. The highest BCUT2D eigenvalue weighted by Crippen LogP contribution is 2.29. The number of aryl methyl sites for hydroxylation is 1. The molecule has 0 spiro atoms. The summed E-state index contributed by atoms with van der Waals surface area (Å²) in [5.41, 5.74) is 3.93. The molecule has 1 N–H and O–H groups in total. The van der Waals surface area contributed by atoms with Crippen molar-refractivity contribution in [3.63, 3.8) is 0 Å². The van der Waals surface area contributed by atoms with E-state index >= 15 is 0 Å². The molecule has 0 atom stereocenters. The number of aromatic nitrogens is 1. The Kier molecular flexibility index (Phi) is 4.20. The van der Waals surface area contributed by atoms with Crippen LogP contribution in [0.4, 0.5) is 22.9 Å². The monoisotopic (exact) mass is 288 g/mol. The van der Waals surface area contributed by atoms with Crippen molar-refractivity contribution >= 4 is 22.9 Å². The first-order valence-corrected chi connectivity index (χ1v) is 7.07. The lowest BCUT2D eigenvalue weighted by atomic mass is 10.2. The summed E-state index contributed by atoms with van der Waals surface area (Å²) in [5, 5.41) is 11.8. The third-order valence-corrected chi connectivity index (χ3v) is 3.14. The molecule has 0 aliphatic heterocycles. The van der Waals surface area contributed by atoms with Gasteiger partial charge in [-0.15, -0.1) is 10.2 Å². The zero-order valence-corrected chi connectivity index (χ0v) is 12.3. The van der Waals surface area contributed by atoms with Crippen molar-refractivity contribution in [3.8, 4) is 0 Å². The molecule has 0 saturated carbocycles. The van der Waals surface area contributed by atoms with Gasteiger partial charge < -0.3 is 5.32 Å². The molecule has 4 heteroatoms. The lowest BCUT2D eigenvalue weighted by Crippen LogP contribution is -1.90. The fraction of sp³-hybridized carbons (Fsp3) is 0.0556. The van der Waals surface area contributed by atoms with Crippen LogP contribution in [0.2, 0.25) is 0 Å². The number of nitrogens with one attached hydrogen (secondary N) is 1. The minimum Gasteiger partial charge on any atom is -0.354 e. The van der Waals surface area contributed by atoms with E-state index in [1.165, 1.54) is 5.56 Å². The minimum absolute atomic E-state index is 0.590. The van der Waals surface area contributed by atoms with E-state index in [0.29, 0.717) is 5.82 Å². The Morgan fingerprint density at radius 2 is 1.59 bits per heavy atom. The largest absolute Gasteiger partial charge is 0.354 e. The Labute approximate surface area is 129 Å². The third-order valence-electron chi connectivity index (χ3n) is 3.14. The molecule has 0 unspecified atom stereocenters. The summed E-state index contributed by atoms with van der Waals surface area (Å²) in [5.74, 6) is 0.590. The van der Waals surface area contributed by atoms with Crippen LogP contribution in [-0.2, 0) is 0 Å². The summed E-state index contributed by atoms with van der Waals surface area (Å²) >= 11 is 0. The molecule has 1 heterocycles. The maximum Gasteiger partial charge on any atom is 0.174 e. The van der Waals surface area contributed by atoms with Crippen LogP contribution in [-0.4, -0.2) is 4.98 Å². The molecule has 1 aromatic heterocycles. The van der Waals surface area contributed by atoms with Gasteiger partial charge in [-0.25, -0.2) is 4.98 Å². The summed E-state index contributed by atoms with van der Waals surface area (Å²) in [4.78, 5) is 4.14. The summed E-state index contributed by atoms with van der Waals surface area (Å²) in [6, 6.07) is 21.6. The first kappa shape index (κ1) is 13.9. The fourth-order valence-electron chi connectivity index (χ4n) is 1.98. The molecule has 2 aromatic carbocycles. The van der Waals surface area contributed by atoms with Crippen LogP contribution in [0.3, 0.4) is 0 Å². The second-order valence-electron chi connectivity index (χ2n) is 4.90. The second kappa shape index (κ2) is 6.63. The first-order valence-electron chi connectivity index (χ1n) is 7.07. The number of nitrogens with zero attached hydrogens (tertiary/aromatic N) is 3. The molecule has 0 aliphatic carbocycles. The molecule has 0 saturated heterocycles. The molecule has 0 fully saturated rings. The zero-order valence-electron chi connectivity index (χ0n) is 12.3. The van der Waals surface area contributed by atoms with Crippen molar-refractivity contribution in [3.05, 3.63) is 78.5 Å². The lowest BCUT2D eigenvalue weighted by molar-refractivity contribution is 1.15. The van der Waals surface area contributed by atoms with Crippen LogP contribution >= 0.6 is 0 Å². The van der Waals surface area contributed by atoms with Crippen molar-refractivity contribution < 1.29 is 0 Å². The van der Waals surface area contributed by atoms with Gasteiger partial charge in [-0.1, -0.05) is 35.9 Å². The second-order valence-corrected chi connectivity index (χ2v) is 4.90. The Hall–Kier alpha value is -3.01. The van der Waals surface area contributed by atoms with Crippen molar-refractivity contribution in [1.82, 2.24) is 4.98 Å². The molecule has 3 rings (SSSR count). The van der Waals surface area contributed by atoms with E-state index in [1.54, 1.807) is 6.20 Å². The van der Waals surface area contributed by atoms with Gasteiger partial charge in [0.1, 0.15) is 5.69 Å². The van der Waals surface area contributed by atoms with Gasteiger partial charge in [-0.05, 0) is 43.3 Å². The van der Waals surface area contributed by atoms with E-state index in [1.807, 2.05) is 54.6 Å². The van der Waals surface area contributed by atoms with E-state index in [-0.39, 0.29) is 0 Å². The van der Waals surface area contributed by atoms with Gasteiger partial charge >= 0.3 is 0 Å². The number of benzene rings is 2. The number of pyridine rings is 1. The Bertz CT molecular complexity index is 765. The van der Waals surface area contributed by atoms with Gasteiger partial charge in [0.15, 0.2) is 5.82 Å². The summed E-state index contributed by atoms with van der Waals surface area (Å²) < 4.78 is 0. The molecule has 0 radical (unpaired) electrons. The van der Waals surface area contributed by atoms with Crippen LogP contribution in [0.15, 0.2) is 83.2 Å². The minimum atomic E-state index is 0.590. The van der Waals surface area contributed by atoms with Gasteiger partial charge in [-0.2, -0.15) is 0 Å². The Morgan fingerprint density at radius 3 is 2.36 bits per heavy atom. The average Bonchev–Trinajstić information content (AvgIpc) is 2.57. The predicted octanol–water partition coefficient (Wildman–Crippen LogP) is 5.55. The maximum atomic E-state index is 4.29. The highest BCUT2D eigenvalue weighted by molar-refractivity contribution is 5.71. The zero-order chi connectivity index (χ0) is 15.2. The van der Waals surface area contributed by atoms with E-state index in [4.69, 9.17) is 0 Å². The van der Waals surface area contributed by atoms with Gasteiger partial charge in [0, 0.05) is 11.9 Å². The summed E-state index contributed by atoms with van der Waals surface area (Å²) in [6.07, 6.45) is 1.70. The molecule has 22 heavy (non-hydrogen) atoms. The van der Waals surface area contributed by atoms with Crippen LogP contribution in [0.1, 0.15) is 5.56 Å². The van der Waals surface area contributed by atoms with Crippen LogP contribution in [0.5, 0.6) is 0 Å². The molecule has 108 valence electrons. The third kappa shape index (κ3) is 3.55. The van der Waals surface area contributed by atoms with Gasteiger partial charge in [0.05, 0.1) is 5.69 Å². The molecule has 0 bridgehead atoms. The first-order chi connectivity index (χ1) is 10.8.